The summed E-state index contributed by atoms with van der Waals surface area (Å²) in [6.45, 7) is 3.70. The Labute approximate surface area is 98.6 Å². The van der Waals surface area contributed by atoms with E-state index in [0.717, 1.165) is 13.1 Å². The van der Waals surface area contributed by atoms with Gasteiger partial charge in [-0.05, 0) is 25.1 Å². The van der Waals surface area contributed by atoms with Gasteiger partial charge in [-0.3, -0.25) is 10.1 Å². The predicted octanol–water partition coefficient (Wildman–Crippen LogP) is 0.924. The molecule has 1 saturated heterocycles. The van der Waals surface area contributed by atoms with Crippen molar-refractivity contribution in [1.82, 2.24) is 15.3 Å². The van der Waals surface area contributed by atoms with Crippen LogP contribution in [0.25, 0.3) is 0 Å². The summed E-state index contributed by atoms with van der Waals surface area (Å²) in [5, 5.41) is 6.12. The summed E-state index contributed by atoms with van der Waals surface area (Å²) in [6, 6.07) is 1.57. The topological polar surface area (TPSA) is 66.9 Å². The predicted molar refractivity (Wildman–Crippen MR) is 61.2 cm³/mol. The number of aromatic nitrogens is 2. The third kappa shape index (κ3) is 2.48. The van der Waals surface area contributed by atoms with Gasteiger partial charge in [0, 0.05) is 12.1 Å². The fourth-order valence-electron chi connectivity index (χ4n) is 1.50. The summed E-state index contributed by atoms with van der Waals surface area (Å²) in [5.41, 5.74) is 0. The largest absolute Gasteiger partial charge is 0.316 e. The van der Waals surface area contributed by atoms with Gasteiger partial charge in [-0.1, -0.05) is 18.5 Å². The van der Waals surface area contributed by atoms with E-state index in [9.17, 15) is 4.79 Å². The number of amides is 1. The Balaban J connectivity index is 1.96. The highest BCUT2D eigenvalue weighted by Crippen LogP contribution is 2.17. The van der Waals surface area contributed by atoms with E-state index >= 15 is 0 Å². The average Bonchev–Trinajstić information content (AvgIpc) is 2.14. The molecule has 1 aliphatic heterocycles. The number of nitrogens with one attached hydrogen (secondary N) is 2. The molecule has 0 bridgehead atoms. The Morgan fingerprint density at radius 2 is 2.44 bits per heavy atom. The first-order chi connectivity index (χ1) is 7.66. The Hall–Kier alpha value is -1.20. The van der Waals surface area contributed by atoms with Crippen LogP contribution in [-0.2, 0) is 4.79 Å². The molecular weight excluding hydrogens is 228 g/mol. The minimum absolute atomic E-state index is 0.0381. The minimum Gasteiger partial charge on any atom is -0.316 e. The Kier molecular flexibility index (Phi) is 3.36. The highest BCUT2D eigenvalue weighted by atomic mass is 35.5. The van der Waals surface area contributed by atoms with Crippen LogP contribution in [0.5, 0.6) is 0 Å². The lowest BCUT2D eigenvalue weighted by atomic mass is 9.88. The third-order valence-electron chi connectivity index (χ3n) is 2.79. The van der Waals surface area contributed by atoms with Crippen molar-refractivity contribution < 1.29 is 4.79 Å². The van der Waals surface area contributed by atoms with Crippen LogP contribution in [0.4, 0.5) is 5.95 Å². The van der Waals surface area contributed by atoms with E-state index in [1.807, 2.05) is 6.92 Å². The summed E-state index contributed by atoms with van der Waals surface area (Å²) in [6.07, 6.45) is 1.51. The van der Waals surface area contributed by atoms with E-state index in [4.69, 9.17) is 11.6 Å². The van der Waals surface area contributed by atoms with E-state index < -0.39 is 0 Å². The second-order valence-electron chi connectivity index (χ2n) is 3.90. The number of nitrogens with zero attached hydrogens (tertiary/aromatic N) is 2. The molecule has 6 heteroatoms. The van der Waals surface area contributed by atoms with E-state index in [2.05, 4.69) is 20.6 Å². The van der Waals surface area contributed by atoms with Crippen LogP contribution < -0.4 is 10.6 Å². The quantitative estimate of drug-likeness (QED) is 0.772. The molecule has 0 aliphatic carbocycles. The van der Waals surface area contributed by atoms with Crippen molar-refractivity contribution in [1.29, 1.82) is 0 Å². The van der Waals surface area contributed by atoms with Gasteiger partial charge in [-0.25, -0.2) is 9.97 Å². The van der Waals surface area contributed by atoms with Crippen LogP contribution >= 0.6 is 11.6 Å². The zero-order valence-electron chi connectivity index (χ0n) is 8.90. The zero-order valence-corrected chi connectivity index (χ0v) is 9.66. The fraction of sp³-hybridized carbons (Fsp3) is 0.500. The molecule has 1 aromatic rings. The number of hydrogen-bond donors (Lipinski definition) is 2. The first-order valence-corrected chi connectivity index (χ1v) is 5.55. The molecule has 1 fully saturated rings. The van der Waals surface area contributed by atoms with E-state index in [1.165, 1.54) is 6.20 Å². The van der Waals surface area contributed by atoms with E-state index in [1.54, 1.807) is 6.07 Å². The summed E-state index contributed by atoms with van der Waals surface area (Å²) in [7, 11) is 0. The van der Waals surface area contributed by atoms with Crippen LogP contribution in [0.2, 0.25) is 5.15 Å². The Bertz CT molecular complexity index is 394. The SMILES string of the molecule is CC(C(=O)Nc1nccc(Cl)n1)C1CNC1. The van der Waals surface area contributed by atoms with Gasteiger partial charge in [0.25, 0.3) is 0 Å². The molecule has 2 N–H and O–H groups in total. The molecule has 0 spiro atoms. The van der Waals surface area contributed by atoms with Crippen LogP contribution in [0.1, 0.15) is 6.92 Å². The normalized spacial score (nSPS) is 17.6. The smallest absolute Gasteiger partial charge is 0.230 e. The average molecular weight is 241 g/mol. The molecular formula is C10H13ClN4O. The maximum absolute atomic E-state index is 11.8. The summed E-state index contributed by atoms with van der Waals surface area (Å²) < 4.78 is 0. The number of hydrogen-bond acceptors (Lipinski definition) is 4. The molecule has 0 radical (unpaired) electrons. The third-order valence-corrected chi connectivity index (χ3v) is 3.00. The van der Waals surface area contributed by atoms with Gasteiger partial charge in [0.1, 0.15) is 5.15 Å². The molecule has 16 heavy (non-hydrogen) atoms. The lowest BCUT2D eigenvalue weighted by Gasteiger charge is -2.31. The number of rotatable bonds is 3. The molecule has 2 rings (SSSR count). The molecule has 0 saturated carbocycles. The van der Waals surface area contributed by atoms with Crippen molar-refractivity contribution in [3.63, 3.8) is 0 Å². The van der Waals surface area contributed by atoms with Crippen LogP contribution in [-0.4, -0.2) is 29.0 Å². The summed E-state index contributed by atoms with van der Waals surface area (Å²) in [4.78, 5) is 19.6. The zero-order chi connectivity index (χ0) is 11.5. The van der Waals surface area contributed by atoms with Gasteiger partial charge >= 0.3 is 0 Å². The molecule has 1 unspecified atom stereocenters. The van der Waals surface area contributed by atoms with Crippen molar-refractivity contribution in [3.05, 3.63) is 17.4 Å². The first kappa shape index (κ1) is 11.3. The molecule has 2 heterocycles. The second-order valence-corrected chi connectivity index (χ2v) is 4.29. The van der Waals surface area contributed by atoms with Gasteiger partial charge in [0.2, 0.25) is 11.9 Å². The van der Waals surface area contributed by atoms with Crippen molar-refractivity contribution in [2.45, 2.75) is 6.92 Å². The molecule has 86 valence electrons. The monoisotopic (exact) mass is 240 g/mol. The van der Waals surface area contributed by atoms with Crippen LogP contribution in [0, 0.1) is 11.8 Å². The van der Waals surface area contributed by atoms with Gasteiger partial charge in [-0.15, -0.1) is 0 Å². The first-order valence-electron chi connectivity index (χ1n) is 5.17. The van der Waals surface area contributed by atoms with Crippen molar-refractivity contribution in [2.75, 3.05) is 18.4 Å². The highest BCUT2D eigenvalue weighted by molar-refractivity contribution is 6.29. The Morgan fingerprint density at radius 3 is 3.00 bits per heavy atom. The fourth-order valence-corrected chi connectivity index (χ4v) is 1.64. The maximum Gasteiger partial charge on any atom is 0.230 e. The highest BCUT2D eigenvalue weighted by Gasteiger charge is 2.28. The minimum atomic E-state index is -0.0613. The van der Waals surface area contributed by atoms with Gasteiger partial charge in [0.15, 0.2) is 0 Å². The second kappa shape index (κ2) is 4.76. The number of carbonyl (C=O) groups is 1. The molecule has 1 atom stereocenters. The molecule has 0 aromatic carbocycles. The standard InChI is InChI=1S/C10H13ClN4O/c1-6(7-4-12-5-7)9(16)15-10-13-3-2-8(11)14-10/h2-3,6-7,12H,4-5H2,1H3,(H,13,14,15,16). The van der Waals surface area contributed by atoms with Crippen molar-refractivity contribution in [3.8, 4) is 0 Å². The van der Waals surface area contributed by atoms with Gasteiger partial charge < -0.3 is 5.32 Å². The molecule has 5 nitrogen and oxygen atoms in total. The van der Waals surface area contributed by atoms with Gasteiger partial charge in [0.05, 0.1) is 0 Å². The number of halogens is 1. The number of carbonyl (C=O) groups excluding carboxylic acids is 1. The van der Waals surface area contributed by atoms with Gasteiger partial charge in [-0.2, -0.15) is 0 Å². The van der Waals surface area contributed by atoms with E-state index in [-0.39, 0.29) is 17.8 Å². The summed E-state index contributed by atoms with van der Waals surface area (Å²) in [5.74, 6) is 0.563. The number of anilines is 1. The lowest BCUT2D eigenvalue weighted by molar-refractivity contribution is -0.121. The summed E-state index contributed by atoms with van der Waals surface area (Å²) >= 11 is 5.70. The van der Waals surface area contributed by atoms with Crippen molar-refractivity contribution >= 4 is 23.5 Å². The maximum atomic E-state index is 11.8. The van der Waals surface area contributed by atoms with Crippen LogP contribution in [0.3, 0.4) is 0 Å². The molecule has 1 aromatic heterocycles. The Morgan fingerprint density at radius 1 is 1.69 bits per heavy atom. The van der Waals surface area contributed by atoms with Crippen molar-refractivity contribution in [2.24, 2.45) is 11.8 Å². The van der Waals surface area contributed by atoms with E-state index in [0.29, 0.717) is 11.1 Å². The molecule has 1 amide bonds. The lowest BCUT2D eigenvalue weighted by Crippen LogP contribution is -2.48. The van der Waals surface area contributed by atoms with Crippen LogP contribution in [0.15, 0.2) is 12.3 Å². The molecule has 1 aliphatic rings.